The van der Waals surface area contributed by atoms with Gasteiger partial charge in [-0.25, -0.2) is 9.18 Å². The van der Waals surface area contributed by atoms with E-state index in [1.807, 2.05) is 7.05 Å². The average Bonchev–Trinajstić information content (AvgIpc) is 2.81. The fourth-order valence-electron chi connectivity index (χ4n) is 2.64. The largest absolute Gasteiger partial charge is 0.478 e. The summed E-state index contributed by atoms with van der Waals surface area (Å²) in [5.41, 5.74) is 0.748. The average molecular weight is 251 g/mol. The molecule has 0 bridgehead atoms. The lowest BCUT2D eigenvalue weighted by molar-refractivity contribution is 0.0694. The smallest absolute Gasteiger partial charge is 0.336 e. The van der Waals surface area contributed by atoms with Crippen molar-refractivity contribution in [1.82, 2.24) is 4.90 Å². The van der Waals surface area contributed by atoms with Crippen LogP contribution in [0.25, 0.3) is 0 Å². The molecule has 0 aliphatic heterocycles. The van der Waals surface area contributed by atoms with Crippen LogP contribution in [0.5, 0.6) is 0 Å². The Morgan fingerprint density at radius 2 is 2.11 bits per heavy atom. The first-order valence-electron chi connectivity index (χ1n) is 6.30. The number of aromatic carboxylic acids is 1. The number of rotatable bonds is 4. The lowest BCUT2D eigenvalue weighted by atomic mass is 10.1. The van der Waals surface area contributed by atoms with E-state index < -0.39 is 5.97 Å². The first-order chi connectivity index (χ1) is 8.58. The molecular weight excluding hydrogens is 233 g/mol. The summed E-state index contributed by atoms with van der Waals surface area (Å²) in [5, 5.41) is 9.09. The third-order valence-electron chi connectivity index (χ3n) is 3.67. The van der Waals surface area contributed by atoms with E-state index >= 15 is 0 Å². The Labute approximate surface area is 106 Å². The zero-order valence-electron chi connectivity index (χ0n) is 10.5. The number of halogens is 1. The predicted molar refractivity (Wildman–Crippen MR) is 67.1 cm³/mol. The highest BCUT2D eigenvalue weighted by Crippen LogP contribution is 2.24. The summed E-state index contributed by atoms with van der Waals surface area (Å²) in [7, 11) is 1.98. The maximum atomic E-state index is 13.2. The number of hydrogen-bond acceptors (Lipinski definition) is 2. The summed E-state index contributed by atoms with van der Waals surface area (Å²) < 4.78 is 13.2. The topological polar surface area (TPSA) is 40.5 Å². The van der Waals surface area contributed by atoms with Crippen LogP contribution in [0.1, 0.15) is 41.6 Å². The standard InChI is InChI=1S/C14H18FNO2/c1-16(12-4-2-3-5-12)9-10-8-11(15)6-7-13(10)14(17)18/h6-8,12H,2-5,9H2,1H3,(H,17,18). The summed E-state index contributed by atoms with van der Waals surface area (Å²) >= 11 is 0. The third-order valence-corrected chi connectivity index (χ3v) is 3.67. The highest BCUT2D eigenvalue weighted by atomic mass is 19.1. The van der Waals surface area contributed by atoms with Crippen LogP contribution in [0.15, 0.2) is 18.2 Å². The van der Waals surface area contributed by atoms with Crippen LogP contribution in [0.2, 0.25) is 0 Å². The fraction of sp³-hybridized carbons (Fsp3) is 0.500. The minimum absolute atomic E-state index is 0.196. The summed E-state index contributed by atoms with van der Waals surface area (Å²) in [5.74, 6) is -1.38. The normalized spacial score (nSPS) is 16.4. The zero-order valence-corrected chi connectivity index (χ0v) is 10.5. The Kier molecular flexibility index (Phi) is 3.97. The Bertz CT molecular complexity index is 441. The molecule has 2 rings (SSSR count). The van der Waals surface area contributed by atoms with Crippen LogP contribution in [-0.2, 0) is 6.54 Å². The van der Waals surface area contributed by atoms with Crippen LogP contribution in [-0.4, -0.2) is 29.1 Å². The second-order valence-electron chi connectivity index (χ2n) is 4.96. The van der Waals surface area contributed by atoms with Crippen molar-refractivity contribution in [3.8, 4) is 0 Å². The molecule has 1 aromatic rings. The molecule has 0 radical (unpaired) electrons. The van der Waals surface area contributed by atoms with Crippen molar-refractivity contribution in [2.45, 2.75) is 38.3 Å². The zero-order chi connectivity index (χ0) is 13.1. The predicted octanol–water partition coefficient (Wildman–Crippen LogP) is 2.90. The van der Waals surface area contributed by atoms with Gasteiger partial charge in [0, 0.05) is 12.6 Å². The van der Waals surface area contributed by atoms with Gasteiger partial charge in [-0.05, 0) is 43.7 Å². The quantitative estimate of drug-likeness (QED) is 0.894. The van der Waals surface area contributed by atoms with Gasteiger partial charge < -0.3 is 5.11 Å². The maximum Gasteiger partial charge on any atom is 0.336 e. The van der Waals surface area contributed by atoms with E-state index in [9.17, 15) is 9.18 Å². The van der Waals surface area contributed by atoms with Gasteiger partial charge in [0.05, 0.1) is 5.56 Å². The summed E-state index contributed by atoms with van der Waals surface area (Å²) in [6.07, 6.45) is 4.75. The fourth-order valence-corrected chi connectivity index (χ4v) is 2.64. The molecule has 0 aromatic heterocycles. The minimum Gasteiger partial charge on any atom is -0.478 e. The molecule has 1 aliphatic carbocycles. The lowest BCUT2D eigenvalue weighted by Gasteiger charge is -2.24. The minimum atomic E-state index is -0.996. The molecule has 0 spiro atoms. The molecule has 1 fully saturated rings. The lowest BCUT2D eigenvalue weighted by Crippen LogP contribution is -2.29. The summed E-state index contributed by atoms with van der Waals surface area (Å²) in [4.78, 5) is 13.2. The molecule has 0 atom stereocenters. The molecule has 0 unspecified atom stereocenters. The van der Waals surface area contributed by atoms with E-state index in [-0.39, 0.29) is 11.4 Å². The van der Waals surface area contributed by atoms with Gasteiger partial charge in [0.1, 0.15) is 5.82 Å². The molecule has 1 aliphatic rings. The van der Waals surface area contributed by atoms with Crippen molar-refractivity contribution in [2.24, 2.45) is 0 Å². The third kappa shape index (κ3) is 2.88. The molecule has 4 heteroatoms. The van der Waals surface area contributed by atoms with Crippen LogP contribution >= 0.6 is 0 Å². The number of carbonyl (C=O) groups is 1. The molecule has 1 saturated carbocycles. The van der Waals surface area contributed by atoms with E-state index in [0.717, 1.165) is 12.8 Å². The SMILES string of the molecule is CN(Cc1cc(F)ccc1C(=O)O)C1CCCC1. The number of carboxylic acids is 1. The van der Waals surface area contributed by atoms with E-state index in [1.165, 1.54) is 31.0 Å². The number of benzene rings is 1. The number of nitrogens with zero attached hydrogens (tertiary/aromatic N) is 1. The van der Waals surface area contributed by atoms with Crippen molar-refractivity contribution in [2.75, 3.05) is 7.05 Å². The molecule has 0 saturated heterocycles. The molecule has 1 N–H and O–H groups in total. The highest BCUT2D eigenvalue weighted by Gasteiger charge is 2.21. The van der Waals surface area contributed by atoms with Gasteiger partial charge >= 0.3 is 5.97 Å². The van der Waals surface area contributed by atoms with Crippen LogP contribution in [0.4, 0.5) is 4.39 Å². The molecule has 98 valence electrons. The van der Waals surface area contributed by atoms with Gasteiger partial charge in [0.2, 0.25) is 0 Å². The van der Waals surface area contributed by atoms with Crippen molar-refractivity contribution in [3.63, 3.8) is 0 Å². The van der Waals surface area contributed by atoms with E-state index in [0.29, 0.717) is 18.2 Å². The summed E-state index contributed by atoms with van der Waals surface area (Å²) in [6.45, 7) is 0.490. The van der Waals surface area contributed by atoms with Gasteiger partial charge in [-0.2, -0.15) is 0 Å². The van der Waals surface area contributed by atoms with Crippen molar-refractivity contribution in [3.05, 3.63) is 35.1 Å². The van der Waals surface area contributed by atoms with Crippen molar-refractivity contribution < 1.29 is 14.3 Å². The molecule has 1 aromatic carbocycles. The molecular formula is C14H18FNO2. The number of carboxylic acid groups (broad SMARTS) is 1. The first-order valence-corrected chi connectivity index (χ1v) is 6.30. The highest BCUT2D eigenvalue weighted by molar-refractivity contribution is 5.89. The Hall–Kier alpha value is -1.42. The van der Waals surface area contributed by atoms with E-state index in [2.05, 4.69) is 4.90 Å². The molecule has 3 nitrogen and oxygen atoms in total. The van der Waals surface area contributed by atoms with E-state index in [1.54, 1.807) is 0 Å². The monoisotopic (exact) mass is 251 g/mol. The first kappa shape index (κ1) is 13.0. The van der Waals surface area contributed by atoms with Gasteiger partial charge in [0.15, 0.2) is 0 Å². The number of hydrogen-bond donors (Lipinski definition) is 1. The van der Waals surface area contributed by atoms with Crippen LogP contribution in [0, 0.1) is 5.82 Å². The van der Waals surface area contributed by atoms with Gasteiger partial charge in [-0.15, -0.1) is 0 Å². The van der Waals surface area contributed by atoms with Gasteiger partial charge in [-0.1, -0.05) is 12.8 Å². The van der Waals surface area contributed by atoms with Crippen molar-refractivity contribution >= 4 is 5.97 Å². The second kappa shape index (κ2) is 5.48. The van der Waals surface area contributed by atoms with Crippen molar-refractivity contribution in [1.29, 1.82) is 0 Å². The maximum absolute atomic E-state index is 13.2. The Morgan fingerprint density at radius 3 is 2.72 bits per heavy atom. The van der Waals surface area contributed by atoms with Crippen LogP contribution in [0.3, 0.4) is 0 Å². The molecule has 18 heavy (non-hydrogen) atoms. The molecule has 0 amide bonds. The van der Waals surface area contributed by atoms with Gasteiger partial charge in [0.25, 0.3) is 0 Å². The Morgan fingerprint density at radius 1 is 1.44 bits per heavy atom. The van der Waals surface area contributed by atoms with Crippen LogP contribution < -0.4 is 0 Å². The van der Waals surface area contributed by atoms with Gasteiger partial charge in [-0.3, -0.25) is 4.90 Å². The summed E-state index contributed by atoms with van der Waals surface area (Å²) in [6, 6.07) is 4.36. The van der Waals surface area contributed by atoms with E-state index in [4.69, 9.17) is 5.11 Å². The Balaban J connectivity index is 2.16. The second-order valence-corrected chi connectivity index (χ2v) is 4.96. The molecule has 0 heterocycles.